The van der Waals surface area contributed by atoms with Crippen LogP contribution in [-0.4, -0.2) is 63.4 Å². The molecule has 4 aromatic carbocycles. The Balaban J connectivity index is 1.19. The number of rotatable bonds is 21. The van der Waals surface area contributed by atoms with E-state index in [1.807, 2.05) is 72.8 Å². The molecule has 0 radical (unpaired) electrons. The molecule has 234 valence electrons. The lowest BCUT2D eigenvalue weighted by molar-refractivity contribution is 0.0595. The van der Waals surface area contributed by atoms with Crippen LogP contribution in [-0.2, 0) is 44.3 Å². The van der Waals surface area contributed by atoms with Crippen molar-refractivity contribution in [3.63, 3.8) is 0 Å². The lowest BCUT2D eigenvalue weighted by atomic mass is 10.2. The van der Waals surface area contributed by atoms with Gasteiger partial charge in [-0.1, -0.05) is 121 Å². The third-order valence-electron chi connectivity index (χ3n) is 8.26. The van der Waals surface area contributed by atoms with Gasteiger partial charge in [0, 0.05) is 37.0 Å². The third kappa shape index (κ3) is 13.1. The maximum atomic E-state index is 14.0. The summed E-state index contributed by atoms with van der Waals surface area (Å²) in [5.41, 5.74) is 4.91. The van der Waals surface area contributed by atoms with E-state index in [-0.39, 0.29) is 0 Å². The highest BCUT2D eigenvalue weighted by Gasteiger charge is 2.23. The van der Waals surface area contributed by atoms with E-state index in [1.54, 1.807) is 0 Å². The molecule has 44 heavy (non-hydrogen) atoms. The monoisotopic (exact) mass is 630 g/mol. The Morgan fingerprint density at radius 3 is 0.841 bits per heavy atom. The molecule has 0 atom stereocenters. The van der Waals surface area contributed by atoms with Crippen LogP contribution in [0.1, 0.15) is 22.3 Å². The molecule has 4 rings (SSSR count). The molecular formula is C38H48O4P2. The fourth-order valence-electron chi connectivity index (χ4n) is 5.36. The fourth-order valence-corrected chi connectivity index (χ4v) is 10.3. The first kappa shape index (κ1) is 34.1. The predicted octanol–water partition coefficient (Wildman–Crippen LogP) is 8.72. The highest BCUT2D eigenvalue weighted by atomic mass is 31.2. The zero-order valence-electron chi connectivity index (χ0n) is 26.0. The summed E-state index contributed by atoms with van der Waals surface area (Å²) in [4.78, 5) is 0. The summed E-state index contributed by atoms with van der Waals surface area (Å²) >= 11 is 0. The van der Waals surface area contributed by atoms with Gasteiger partial charge >= 0.3 is 0 Å². The summed E-state index contributed by atoms with van der Waals surface area (Å²) in [5.74, 6) is 0. The predicted molar refractivity (Wildman–Crippen MR) is 187 cm³/mol. The van der Waals surface area contributed by atoms with Gasteiger partial charge in [0.2, 0.25) is 0 Å². The molecule has 0 aliphatic carbocycles. The molecule has 0 unspecified atom stereocenters. The molecule has 0 aliphatic rings. The van der Waals surface area contributed by atoms with Crippen molar-refractivity contribution in [2.45, 2.75) is 25.7 Å². The van der Waals surface area contributed by atoms with Gasteiger partial charge in [0.1, 0.15) is 0 Å². The normalized spacial score (nSPS) is 11.9. The van der Waals surface area contributed by atoms with Gasteiger partial charge < -0.3 is 18.6 Å². The highest BCUT2D eigenvalue weighted by Crippen LogP contribution is 2.47. The summed E-state index contributed by atoms with van der Waals surface area (Å²) in [7, 11) is -4.81. The number of benzene rings is 4. The molecule has 0 spiro atoms. The van der Waals surface area contributed by atoms with E-state index in [0.717, 1.165) is 25.7 Å². The zero-order valence-corrected chi connectivity index (χ0v) is 27.8. The second kappa shape index (κ2) is 18.9. The summed E-state index contributed by atoms with van der Waals surface area (Å²) in [6.45, 7) is 1.85. The van der Waals surface area contributed by atoms with Crippen molar-refractivity contribution in [3.05, 3.63) is 144 Å². The minimum Gasteiger partial charge on any atom is -0.379 e. The molecule has 0 saturated heterocycles. The number of hydrogen-bond acceptors (Lipinski definition) is 4. The molecule has 0 amide bonds. The molecule has 4 nitrogen and oxygen atoms in total. The Morgan fingerprint density at radius 2 is 0.591 bits per heavy atom. The van der Waals surface area contributed by atoms with Gasteiger partial charge in [0.25, 0.3) is 0 Å². The lowest BCUT2D eigenvalue weighted by Crippen LogP contribution is -2.14. The van der Waals surface area contributed by atoms with E-state index in [0.29, 0.717) is 63.4 Å². The first-order chi connectivity index (χ1) is 21.5. The Morgan fingerprint density at radius 1 is 0.341 bits per heavy atom. The van der Waals surface area contributed by atoms with Crippen LogP contribution >= 0.6 is 14.3 Å². The fraction of sp³-hybridized carbons (Fsp3) is 0.368. The van der Waals surface area contributed by atoms with Gasteiger partial charge in [-0.05, 0) is 47.9 Å². The molecule has 4 aromatic rings. The molecule has 0 heterocycles. The van der Waals surface area contributed by atoms with E-state index in [1.165, 1.54) is 22.3 Å². The SMILES string of the molecule is O=P(CCOCCOCCP(=O)(CCc1ccccc1)CCc1ccccc1)(CCc1ccccc1)CCc1ccccc1. The second-order valence-electron chi connectivity index (χ2n) is 11.6. The Bertz CT molecular complexity index is 1210. The van der Waals surface area contributed by atoms with Crippen LogP contribution < -0.4 is 0 Å². The molecule has 6 heteroatoms. The summed E-state index contributed by atoms with van der Waals surface area (Å²) < 4.78 is 39.8. The van der Waals surface area contributed by atoms with Crippen LogP contribution in [0.2, 0.25) is 0 Å². The molecular weight excluding hydrogens is 582 g/mol. The van der Waals surface area contributed by atoms with Gasteiger partial charge in [-0.15, -0.1) is 0 Å². The van der Waals surface area contributed by atoms with E-state index in [2.05, 4.69) is 48.5 Å². The lowest BCUT2D eigenvalue weighted by Gasteiger charge is -2.20. The van der Waals surface area contributed by atoms with Crippen molar-refractivity contribution in [1.29, 1.82) is 0 Å². The topological polar surface area (TPSA) is 52.6 Å². The maximum Gasteiger partial charge on any atom is 0.0906 e. The minimum atomic E-state index is -2.40. The van der Waals surface area contributed by atoms with Gasteiger partial charge in [-0.2, -0.15) is 0 Å². The molecule has 0 fully saturated rings. The average molecular weight is 631 g/mol. The Hall–Kier alpha value is -2.74. The van der Waals surface area contributed by atoms with Crippen molar-refractivity contribution in [3.8, 4) is 0 Å². The standard InChI is InChI=1S/C38H48O4P2/c39-43(29-21-35-13-5-1-6-14-35,30-22-36-15-7-2-8-16-36)33-27-41-25-26-42-28-34-44(40,31-23-37-17-9-3-10-18-37)32-24-38-19-11-4-12-20-38/h1-20H,21-34H2. The first-order valence-corrected chi connectivity index (χ1v) is 20.5. The van der Waals surface area contributed by atoms with Crippen molar-refractivity contribution in [2.24, 2.45) is 0 Å². The smallest absolute Gasteiger partial charge is 0.0906 e. The van der Waals surface area contributed by atoms with Gasteiger partial charge in [-0.25, -0.2) is 0 Å². The quantitative estimate of drug-likeness (QED) is 0.0683. The van der Waals surface area contributed by atoms with Gasteiger partial charge in [-0.3, -0.25) is 0 Å². The molecule has 0 aromatic heterocycles. The Labute approximate surface area is 265 Å². The maximum absolute atomic E-state index is 14.0. The Kier molecular flexibility index (Phi) is 14.7. The van der Waals surface area contributed by atoms with Crippen LogP contribution in [0.5, 0.6) is 0 Å². The molecule has 0 bridgehead atoms. The largest absolute Gasteiger partial charge is 0.379 e. The molecule has 0 N–H and O–H groups in total. The average Bonchev–Trinajstić information content (AvgIpc) is 3.08. The first-order valence-electron chi connectivity index (χ1n) is 16.0. The van der Waals surface area contributed by atoms with E-state index < -0.39 is 14.3 Å². The summed E-state index contributed by atoms with van der Waals surface area (Å²) in [6, 6.07) is 41.3. The second-order valence-corrected chi connectivity index (χ2v) is 18.5. The van der Waals surface area contributed by atoms with E-state index >= 15 is 0 Å². The van der Waals surface area contributed by atoms with Crippen LogP contribution in [0.25, 0.3) is 0 Å². The van der Waals surface area contributed by atoms with Gasteiger partial charge in [0.15, 0.2) is 0 Å². The van der Waals surface area contributed by atoms with Crippen LogP contribution in [0.15, 0.2) is 121 Å². The summed E-state index contributed by atoms with van der Waals surface area (Å²) in [5, 5.41) is 0. The van der Waals surface area contributed by atoms with Crippen LogP contribution in [0.3, 0.4) is 0 Å². The molecule has 0 aliphatic heterocycles. The minimum absolute atomic E-state index is 0.454. The third-order valence-corrected chi connectivity index (χ3v) is 14.4. The van der Waals surface area contributed by atoms with Crippen molar-refractivity contribution in [2.75, 3.05) is 63.4 Å². The number of ether oxygens (including phenoxy) is 2. The van der Waals surface area contributed by atoms with Crippen LogP contribution in [0, 0.1) is 0 Å². The van der Waals surface area contributed by atoms with Crippen molar-refractivity contribution >= 4 is 14.3 Å². The number of aryl methyl sites for hydroxylation is 4. The van der Waals surface area contributed by atoms with Crippen LogP contribution in [0.4, 0.5) is 0 Å². The summed E-state index contributed by atoms with van der Waals surface area (Å²) in [6.07, 6.45) is 7.26. The van der Waals surface area contributed by atoms with Crippen molar-refractivity contribution < 1.29 is 18.6 Å². The van der Waals surface area contributed by atoms with Gasteiger partial charge in [0.05, 0.1) is 40.7 Å². The number of hydrogen-bond donors (Lipinski definition) is 0. The van der Waals surface area contributed by atoms with E-state index in [9.17, 15) is 9.13 Å². The molecule has 0 saturated carbocycles. The van der Waals surface area contributed by atoms with E-state index in [4.69, 9.17) is 9.47 Å². The van der Waals surface area contributed by atoms with Crippen molar-refractivity contribution in [1.82, 2.24) is 0 Å². The zero-order chi connectivity index (χ0) is 30.8. The highest BCUT2D eigenvalue weighted by molar-refractivity contribution is 7.64.